The van der Waals surface area contributed by atoms with Gasteiger partial charge in [0.2, 0.25) is 11.7 Å². The molecule has 1 saturated heterocycles. The smallest absolute Gasteiger partial charge is 0.207 e. The summed E-state index contributed by atoms with van der Waals surface area (Å²) in [7, 11) is 5.29. The van der Waals surface area contributed by atoms with Gasteiger partial charge in [-0.25, -0.2) is 0 Å². The van der Waals surface area contributed by atoms with Gasteiger partial charge in [0.05, 0.1) is 18.9 Å². The SMILES string of the molecule is CC[C@H]1CC[C@H]2[C@@H](C1)[C@H]1/C=C/C(=O)[C@@]3(Cc4ccc(O)c(OC)c4)CCC[C@H]3CC#CNC(=NC)Nc3cc(cc4c3OC#CC[C@@H]3C[C@@](CNC)(C[C@@H]3C[C@@]3(O)CC[C@@H]5CC[C@@H](CO)[C@@H]5O3)O4)[C@]13CCC[C@H]3[C@@H]2CCCO. The van der Waals surface area contributed by atoms with Crippen molar-refractivity contribution in [3.05, 3.63) is 53.6 Å². The summed E-state index contributed by atoms with van der Waals surface area (Å²) in [6.45, 7) is 3.15. The van der Waals surface area contributed by atoms with E-state index in [1.54, 1.807) is 20.2 Å². The number of nitrogens with zero attached hydrogens (tertiary/aromatic N) is 1. The first-order valence-corrected chi connectivity index (χ1v) is 30.3. The van der Waals surface area contributed by atoms with Gasteiger partial charge in [-0.2, -0.15) is 0 Å². The van der Waals surface area contributed by atoms with Crippen molar-refractivity contribution in [1.29, 1.82) is 0 Å². The average molecular weight is 1070 g/mol. The van der Waals surface area contributed by atoms with Gasteiger partial charge in [-0.1, -0.05) is 56.6 Å². The number of hydrogen-bond donors (Lipinski definition) is 7. The summed E-state index contributed by atoms with van der Waals surface area (Å²) in [5.74, 6) is 10.4. The highest BCUT2D eigenvalue weighted by atomic mass is 16.6. The number of likely N-dealkylation sites (N-methyl/N-ethyl adjacent to an activating group) is 1. The minimum atomic E-state index is -1.30. The van der Waals surface area contributed by atoms with Crippen LogP contribution in [0.2, 0.25) is 0 Å². The van der Waals surface area contributed by atoms with Crippen molar-refractivity contribution in [3.63, 3.8) is 0 Å². The number of phenols is 1. The molecule has 0 unspecified atom stereocenters. The van der Waals surface area contributed by atoms with E-state index < -0.39 is 22.2 Å². The minimum Gasteiger partial charge on any atom is -0.504 e. The van der Waals surface area contributed by atoms with Crippen LogP contribution in [0.15, 0.2) is 47.5 Å². The molecule has 422 valence electrons. The van der Waals surface area contributed by atoms with Gasteiger partial charge >= 0.3 is 0 Å². The van der Waals surface area contributed by atoms with Crippen molar-refractivity contribution in [1.82, 2.24) is 10.6 Å². The molecule has 0 aromatic heterocycles. The number of aliphatic hydroxyl groups is 3. The molecule has 16 atom stereocenters. The van der Waals surface area contributed by atoms with E-state index in [0.29, 0.717) is 104 Å². The Morgan fingerprint density at radius 1 is 0.949 bits per heavy atom. The number of nitrogens with one attached hydrogen (secondary N) is 3. The molecular formula is C65H88N4O9. The van der Waals surface area contributed by atoms with Crippen LogP contribution in [0.3, 0.4) is 0 Å². The summed E-state index contributed by atoms with van der Waals surface area (Å²) in [6.07, 6.45) is 26.2. The summed E-state index contributed by atoms with van der Waals surface area (Å²) in [4.78, 5) is 20.6. The number of hydrogen-bond acceptors (Lipinski definition) is 11. The van der Waals surface area contributed by atoms with E-state index >= 15 is 4.79 Å². The lowest BCUT2D eigenvalue weighted by molar-refractivity contribution is -0.280. The zero-order chi connectivity index (χ0) is 54.2. The van der Waals surface area contributed by atoms with Crippen LogP contribution in [0.1, 0.15) is 153 Å². The van der Waals surface area contributed by atoms with Gasteiger partial charge in [0, 0.05) is 75.3 Å². The van der Waals surface area contributed by atoms with Crippen LogP contribution in [0, 0.1) is 94.5 Å². The highest BCUT2D eigenvalue weighted by molar-refractivity contribution is 5.97. The molecule has 3 aliphatic heterocycles. The van der Waals surface area contributed by atoms with E-state index in [1.165, 1.54) is 6.42 Å². The van der Waals surface area contributed by atoms with Gasteiger partial charge in [0.1, 0.15) is 11.7 Å². The number of aliphatic imine (C=N–C) groups is 1. The molecule has 78 heavy (non-hydrogen) atoms. The van der Waals surface area contributed by atoms with Crippen molar-refractivity contribution >= 4 is 17.4 Å². The number of methoxy groups -OCH3 is 1. The molecule has 6 saturated carbocycles. The number of carbonyl (C=O) groups excluding carboxylic acids is 1. The average Bonchev–Trinajstić information content (AvgIpc) is 3.91. The third-order valence-corrected chi connectivity index (χ3v) is 21.8. The van der Waals surface area contributed by atoms with Crippen LogP contribution in [-0.4, -0.2) is 90.6 Å². The normalized spacial score (nSPS) is 39.6. The van der Waals surface area contributed by atoms with Crippen molar-refractivity contribution in [2.45, 2.75) is 171 Å². The zero-order valence-electron chi connectivity index (χ0n) is 46.9. The summed E-state index contributed by atoms with van der Waals surface area (Å²) in [5, 5.41) is 54.3. The lowest BCUT2D eigenvalue weighted by Gasteiger charge is -2.59. The van der Waals surface area contributed by atoms with Crippen LogP contribution in [-0.2, 0) is 21.4 Å². The molecule has 7 fully saturated rings. The first-order chi connectivity index (χ1) is 37.9. The van der Waals surface area contributed by atoms with Crippen LogP contribution in [0.25, 0.3) is 0 Å². The monoisotopic (exact) mass is 1070 g/mol. The highest BCUT2D eigenvalue weighted by Gasteiger charge is 2.62. The van der Waals surface area contributed by atoms with Crippen LogP contribution >= 0.6 is 0 Å². The Balaban J connectivity index is 1.05. The summed E-state index contributed by atoms with van der Waals surface area (Å²) >= 11 is 0. The van der Waals surface area contributed by atoms with Gasteiger partial charge < -0.3 is 50.0 Å². The maximum Gasteiger partial charge on any atom is 0.207 e. The molecule has 2 aromatic rings. The first-order valence-electron chi connectivity index (χ1n) is 30.3. The second kappa shape index (κ2) is 23.0. The van der Waals surface area contributed by atoms with Crippen molar-refractivity contribution in [3.8, 4) is 47.0 Å². The number of aliphatic hydroxyl groups excluding tert-OH is 2. The third-order valence-electron chi connectivity index (χ3n) is 21.8. The Hall–Kier alpha value is -4.76. The van der Waals surface area contributed by atoms with E-state index in [0.717, 1.165) is 107 Å². The van der Waals surface area contributed by atoms with Gasteiger partial charge in [-0.15, -0.1) is 0 Å². The number of phenolic OH excluding ortho intramolecular Hbond substituents is 1. The molecule has 13 nitrogen and oxygen atoms in total. The maximum atomic E-state index is 15.8. The molecule has 13 heteroatoms. The Bertz CT molecular complexity index is 2700. The molecule has 11 rings (SSSR count). The molecule has 0 radical (unpaired) electrons. The van der Waals surface area contributed by atoms with Gasteiger partial charge in [-0.05, 0) is 198 Å². The number of anilines is 1. The summed E-state index contributed by atoms with van der Waals surface area (Å²) in [6, 6.07) is 13.3. The molecular weight excluding hydrogens is 981 g/mol. The quantitative estimate of drug-likeness (QED) is 0.100. The maximum absolute atomic E-state index is 15.8. The number of ketones is 1. The lowest BCUT2D eigenvalue weighted by Crippen LogP contribution is -2.55. The number of guanidine groups is 1. The Morgan fingerprint density at radius 2 is 1.82 bits per heavy atom. The van der Waals surface area contributed by atoms with Crippen LogP contribution in [0.5, 0.6) is 23.0 Å². The number of allylic oxidation sites excluding steroid dienone is 2. The zero-order valence-corrected chi connectivity index (χ0v) is 46.9. The number of ether oxygens (including phenoxy) is 4. The minimum absolute atomic E-state index is 0.00148. The predicted octanol–water partition coefficient (Wildman–Crippen LogP) is 9.79. The van der Waals surface area contributed by atoms with Gasteiger partial charge in [0.15, 0.2) is 28.8 Å². The van der Waals surface area contributed by atoms with E-state index in [-0.39, 0.29) is 66.4 Å². The molecule has 1 spiro atoms. The van der Waals surface area contributed by atoms with Gasteiger partial charge in [-0.3, -0.25) is 15.1 Å². The topological polar surface area (TPSA) is 183 Å². The van der Waals surface area contributed by atoms with Crippen LogP contribution in [0.4, 0.5) is 5.69 Å². The third kappa shape index (κ3) is 10.2. The van der Waals surface area contributed by atoms with Crippen molar-refractivity contribution < 1.29 is 44.2 Å². The lowest BCUT2D eigenvalue weighted by atomic mass is 9.45. The van der Waals surface area contributed by atoms with Crippen molar-refractivity contribution in [2.24, 2.45) is 75.5 Å². The molecule has 6 aliphatic carbocycles. The van der Waals surface area contributed by atoms with E-state index in [9.17, 15) is 20.4 Å². The Kier molecular flexibility index (Phi) is 16.3. The molecule has 7 N–H and O–H groups in total. The fourth-order valence-corrected chi connectivity index (χ4v) is 18.4. The molecule has 3 heterocycles. The number of fused-ring (bicyclic) bond motifs is 10. The number of carbonyl (C=O) groups is 1. The standard InChI is InChI=1S/C65H88N4O9/c1-5-41-16-20-49-50(14-9-29-70)52-15-7-26-65(52)48-33-54(60-57(34-48)77-62(40-66-2)36-44(11-10-30-76-60)46(37-62)38-64(74)27-24-43-18-19-45(39-71)59(43)78-64)69-61(67-3)68-28-8-13-47-12-6-25-63(47,58(73)23-21-53(65)51(49)31-41)35-42-17-22-55(72)56(32-42)75-4/h17,21-23,32-34,41,43-47,49-53,59,66,70-72,74H,5-7,9,11-16,18-20,24-27,29,31,35-40H2,1-4H3,(H2,67,68,69)/b23-21+/t41-,43-,44+,45-,46+,47-,49+,50+,51+,52-,53+,59+,62-,63+,64+,65-/m0/s1. The highest BCUT2D eigenvalue weighted by Crippen LogP contribution is 2.67. The fraction of sp³-hybridized carbons (Fsp3) is 0.692. The van der Waals surface area contributed by atoms with Crippen molar-refractivity contribution in [2.75, 3.05) is 46.3 Å². The second-order valence-electron chi connectivity index (χ2n) is 25.7. The molecule has 2 aromatic carbocycles. The summed E-state index contributed by atoms with van der Waals surface area (Å²) < 4.78 is 26.7. The number of aromatic hydroxyl groups is 1. The molecule has 9 aliphatic rings. The van der Waals surface area contributed by atoms with Crippen LogP contribution < -0.4 is 30.2 Å². The van der Waals surface area contributed by atoms with E-state index in [2.05, 4.69) is 65.1 Å². The Morgan fingerprint density at radius 3 is 2.63 bits per heavy atom. The molecule has 4 bridgehead atoms. The van der Waals surface area contributed by atoms with Gasteiger partial charge in [0.25, 0.3) is 0 Å². The number of rotatable bonds is 12. The Labute approximate surface area is 463 Å². The van der Waals surface area contributed by atoms with E-state index in [4.69, 9.17) is 23.9 Å². The molecule has 0 amide bonds. The largest absolute Gasteiger partial charge is 0.504 e. The fourth-order valence-electron chi connectivity index (χ4n) is 18.4. The summed E-state index contributed by atoms with van der Waals surface area (Å²) in [5.41, 5.74) is 1.01. The van der Waals surface area contributed by atoms with E-state index in [1.807, 2.05) is 25.3 Å². The number of benzene rings is 2. The first kappa shape index (κ1) is 55.2. The predicted molar refractivity (Wildman–Crippen MR) is 302 cm³/mol. The second-order valence-corrected chi connectivity index (χ2v) is 25.7.